The average Bonchev–Trinajstić information content (AvgIpc) is 3.00. The van der Waals surface area contributed by atoms with Crippen molar-refractivity contribution in [1.82, 2.24) is 10.3 Å². The van der Waals surface area contributed by atoms with Crippen molar-refractivity contribution in [2.75, 3.05) is 6.54 Å². The molecule has 0 aliphatic rings. The number of nitrogens with zero attached hydrogens (tertiary/aromatic N) is 1. The van der Waals surface area contributed by atoms with Crippen molar-refractivity contribution >= 4 is 22.7 Å². The zero-order valence-corrected chi connectivity index (χ0v) is 12.8. The molecule has 0 aliphatic heterocycles. The summed E-state index contributed by atoms with van der Waals surface area (Å²) in [6.45, 7) is 7.60. The van der Waals surface area contributed by atoms with E-state index in [1.54, 1.807) is 22.7 Å². The van der Waals surface area contributed by atoms with Crippen molar-refractivity contribution in [3.8, 4) is 0 Å². The molecule has 0 aromatic carbocycles. The van der Waals surface area contributed by atoms with Crippen molar-refractivity contribution in [2.45, 2.75) is 39.2 Å². The monoisotopic (exact) mass is 280 g/mol. The lowest BCUT2D eigenvalue weighted by Crippen LogP contribution is -2.22. The van der Waals surface area contributed by atoms with E-state index in [9.17, 15) is 0 Å². The van der Waals surface area contributed by atoms with Crippen molar-refractivity contribution < 1.29 is 0 Å². The Kier molecular flexibility index (Phi) is 4.92. The van der Waals surface area contributed by atoms with Gasteiger partial charge in [0, 0.05) is 5.38 Å². The van der Waals surface area contributed by atoms with Gasteiger partial charge in [0.2, 0.25) is 0 Å². The lowest BCUT2D eigenvalue weighted by atomic mass is 10.1. The molecule has 0 fully saturated rings. The molecule has 0 spiro atoms. The van der Waals surface area contributed by atoms with Gasteiger partial charge in [-0.25, -0.2) is 4.98 Å². The minimum Gasteiger partial charge on any atom is -0.304 e. The highest BCUT2D eigenvalue weighted by Crippen LogP contribution is 2.28. The minimum atomic E-state index is 0.258. The second-order valence-corrected chi connectivity index (χ2v) is 6.38. The Bertz CT molecular complexity index is 460. The first-order valence-electron chi connectivity index (χ1n) is 6.43. The molecule has 1 atom stereocenters. The van der Waals surface area contributed by atoms with Gasteiger partial charge in [0.15, 0.2) is 0 Å². The number of hydrogen-bond acceptors (Lipinski definition) is 4. The fourth-order valence-electron chi connectivity index (χ4n) is 1.77. The normalized spacial score (nSPS) is 13.1. The third kappa shape index (κ3) is 3.19. The largest absolute Gasteiger partial charge is 0.304 e. The number of hydrogen-bond donors (Lipinski definition) is 1. The Labute approximate surface area is 117 Å². The molecule has 98 valence electrons. The van der Waals surface area contributed by atoms with Gasteiger partial charge in [-0.15, -0.1) is 11.3 Å². The number of aromatic nitrogens is 1. The summed E-state index contributed by atoms with van der Waals surface area (Å²) in [5.74, 6) is 0.504. The fourth-order valence-corrected chi connectivity index (χ4v) is 3.54. The van der Waals surface area contributed by atoms with Gasteiger partial charge in [-0.3, -0.25) is 0 Å². The van der Waals surface area contributed by atoms with Crippen molar-refractivity contribution in [3.05, 3.63) is 38.5 Å². The van der Waals surface area contributed by atoms with Crippen LogP contribution in [0.5, 0.6) is 0 Å². The molecule has 2 nitrogen and oxygen atoms in total. The first kappa shape index (κ1) is 13.7. The Morgan fingerprint density at radius 3 is 2.72 bits per heavy atom. The molecule has 18 heavy (non-hydrogen) atoms. The number of nitrogens with one attached hydrogen (secondary N) is 1. The Morgan fingerprint density at radius 2 is 2.17 bits per heavy atom. The zero-order valence-electron chi connectivity index (χ0n) is 11.1. The van der Waals surface area contributed by atoms with Gasteiger partial charge in [-0.05, 0) is 41.3 Å². The topological polar surface area (TPSA) is 24.9 Å². The minimum absolute atomic E-state index is 0.258. The van der Waals surface area contributed by atoms with Crippen LogP contribution in [0.3, 0.4) is 0 Å². The van der Waals surface area contributed by atoms with Crippen LogP contribution in [0.1, 0.15) is 55.4 Å². The maximum atomic E-state index is 4.78. The van der Waals surface area contributed by atoms with Crippen molar-refractivity contribution in [3.63, 3.8) is 0 Å². The molecule has 1 N–H and O–H groups in total. The van der Waals surface area contributed by atoms with Crippen LogP contribution in [0.15, 0.2) is 22.2 Å². The van der Waals surface area contributed by atoms with E-state index in [0.29, 0.717) is 5.92 Å². The summed E-state index contributed by atoms with van der Waals surface area (Å²) in [7, 11) is 0. The first-order chi connectivity index (χ1) is 8.72. The van der Waals surface area contributed by atoms with E-state index < -0.39 is 0 Å². The summed E-state index contributed by atoms with van der Waals surface area (Å²) in [6, 6.07) is 2.45. The van der Waals surface area contributed by atoms with Gasteiger partial charge in [0.1, 0.15) is 5.01 Å². The number of rotatable bonds is 6. The predicted molar refractivity (Wildman–Crippen MR) is 80.7 cm³/mol. The molecular formula is C14H20N2S2. The molecule has 2 rings (SSSR count). The zero-order chi connectivity index (χ0) is 13.0. The van der Waals surface area contributed by atoms with Crippen molar-refractivity contribution in [1.29, 1.82) is 0 Å². The molecule has 0 aliphatic carbocycles. The maximum absolute atomic E-state index is 4.78. The van der Waals surface area contributed by atoms with Crippen LogP contribution in [0.4, 0.5) is 0 Å². The van der Waals surface area contributed by atoms with E-state index in [0.717, 1.165) is 13.0 Å². The molecule has 2 aromatic rings. The molecule has 2 heterocycles. The van der Waals surface area contributed by atoms with E-state index in [1.165, 1.54) is 16.3 Å². The van der Waals surface area contributed by atoms with E-state index in [4.69, 9.17) is 4.98 Å². The maximum Gasteiger partial charge on any atom is 0.114 e. The molecular weight excluding hydrogens is 260 g/mol. The van der Waals surface area contributed by atoms with Gasteiger partial charge in [0.25, 0.3) is 0 Å². The second kappa shape index (κ2) is 6.45. The van der Waals surface area contributed by atoms with Crippen molar-refractivity contribution in [2.24, 2.45) is 0 Å². The van der Waals surface area contributed by atoms with E-state index in [-0.39, 0.29) is 6.04 Å². The predicted octanol–water partition coefficient (Wildman–Crippen LogP) is 4.42. The Hall–Kier alpha value is -0.710. The molecule has 4 heteroatoms. The summed E-state index contributed by atoms with van der Waals surface area (Å²) in [4.78, 5) is 4.78. The average molecular weight is 280 g/mol. The lowest BCUT2D eigenvalue weighted by molar-refractivity contribution is 0.594. The van der Waals surface area contributed by atoms with Gasteiger partial charge < -0.3 is 5.32 Å². The van der Waals surface area contributed by atoms with Crippen LogP contribution in [0, 0.1) is 0 Å². The molecule has 0 saturated heterocycles. The van der Waals surface area contributed by atoms with Gasteiger partial charge in [0.05, 0.1) is 11.7 Å². The summed E-state index contributed by atoms with van der Waals surface area (Å²) < 4.78 is 0. The van der Waals surface area contributed by atoms with E-state index in [1.807, 2.05) is 0 Å². The molecule has 1 unspecified atom stereocenters. The van der Waals surface area contributed by atoms with E-state index >= 15 is 0 Å². The number of thiazole rings is 1. The third-order valence-corrected chi connectivity index (χ3v) is 4.48. The summed E-state index contributed by atoms with van der Waals surface area (Å²) in [5.41, 5.74) is 2.53. The third-order valence-electron chi connectivity index (χ3n) is 2.85. The smallest absolute Gasteiger partial charge is 0.114 e. The quantitative estimate of drug-likeness (QED) is 0.847. The number of thiophene rings is 1. The van der Waals surface area contributed by atoms with Crippen LogP contribution >= 0.6 is 22.7 Å². The standard InChI is InChI=1S/C14H20N2S2/c1-4-6-15-13(11-5-7-17-8-11)14-16-12(9-18-14)10(2)3/h5,7-10,13,15H,4,6H2,1-3H3. The summed E-state index contributed by atoms with van der Waals surface area (Å²) in [6.07, 6.45) is 1.14. The highest BCUT2D eigenvalue weighted by molar-refractivity contribution is 7.10. The Balaban J connectivity index is 2.22. The molecule has 0 bridgehead atoms. The Morgan fingerprint density at radius 1 is 1.33 bits per heavy atom. The van der Waals surface area contributed by atoms with Crippen LogP contribution in [0.2, 0.25) is 0 Å². The molecule has 0 radical (unpaired) electrons. The highest BCUT2D eigenvalue weighted by Gasteiger charge is 2.18. The van der Waals surface area contributed by atoms with E-state index in [2.05, 4.69) is 48.3 Å². The molecule has 2 aromatic heterocycles. The summed E-state index contributed by atoms with van der Waals surface area (Å²) in [5, 5.41) is 11.3. The first-order valence-corrected chi connectivity index (χ1v) is 8.25. The molecule has 0 amide bonds. The van der Waals surface area contributed by atoms with Gasteiger partial charge in [-0.2, -0.15) is 11.3 Å². The SMILES string of the molecule is CCCNC(c1ccsc1)c1nc(C(C)C)cs1. The second-order valence-electron chi connectivity index (χ2n) is 4.71. The lowest BCUT2D eigenvalue weighted by Gasteiger charge is -2.14. The van der Waals surface area contributed by atoms with Crippen LogP contribution < -0.4 is 5.32 Å². The summed E-state index contributed by atoms with van der Waals surface area (Å²) >= 11 is 3.51. The van der Waals surface area contributed by atoms with Gasteiger partial charge >= 0.3 is 0 Å². The van der Waals surface area contributed by atoms with Crippen LogP contribution in [0.25, 0.3) is 0 Å². The van der Waals surface area contributed by atoms with Crippen LogP contribution in [-0.2, 0) is 0 Å². The van der Waals surface area contributed by atoms with Crippen LogP contribution in [-0.4, -0.2) is 11.5 Å². The van der Waals surface area contributed by atoms with Gasteiger partial charge in [-0.1, -0.05) is 20.8 Å². The fraction of sp³-hybridized carbons (Fsp3) is 0.500. The molecule has 0 saturated carbocycles. The highest BCUT2D eigenvalue weighted by atomic mass is 32.1.